The van der Waals surface area contributed by atoms with Crippen LogP contribution in [0.5, 0.6) is 0 Å². The predicted octanol–water partition coefficient (Wildman–Crippen LogP) is 5.67. The Morgan fingerprint density at radius 2 is 1.89 bits per heavy atom. The maximum atomic E-state index is 13.6. The Balaban J connectivity index is 1.53. The van der Waals surface area contributed by atoms with Gasteiger partial charge in [0.1, 0.15) is 5.82 Å². The zero-order chi connectivity index (χ0) is 24.9. The van der Waals surface area contributed by atoms with Crippen LogP contribution >= 0.6 is 0 Å². The number of aryl methyl sites for hydroxylation is 2. The quantitative estimate of drug-likeness (QED) is 0.456. The van der Waals surface area contributed by atoms with Crippen LogP contribution < -0.4 is 0 Å². The van der Waals surface area contributed by atoms with Gasteiger partial charge in [0, 0.05) is 37.7 Å². The molecule has 35 heavy (non-hydrogen) atoms. The number of likely N-dealkylation sites (tertiary alicyclic amines) is 1. The van der Waals surface area contributed by atoms with Crippen molar-refractivity contribution >= 4 is 5.91 Å². The summed E-state index contributed by atoms with van der Waals surface area (Å²) < 4.78 is 5.16. The summed E-state index contributed by atoms with van der Waals surface area (Å²) in [5.41, 5.74) is 6.61. The second-order valence-corrected chi connectivity index (χ2v) is 9.92. The normalized spacial score (nSPS) is 14.6. The van der Waals surface area contributed by atoms with Gasteiger partial charge in [-0.1, -0.05) is 51.1 Å². The summed E-state index contributed by atoms with van der Waals surface area (Å²) in [6.45, 7) is 10.7. The fourth-order valence-corrected chi connectivity index (χ4v) is 4.97. The van der Waals surface area contributed by atoms with Crippen molar-refractivity contribution in [3.63, 3.8) is 0 Å². The molecule has 1 aromatic heterocycles. The fourth-order valence-electron chi connectivity index (χ4n) is 4.97. The molecule has 0 saturated carbocycles. The van der Waals surface area contributed by atoms with Gasteiger partial charge >= 0.3 is 0 Å². The molecule has 3 aromatic rings. The maximum Gasteiger partial charge on any atom is 0.254 e. The predicted molar refractivity (Wildman–Crippen MR) is 140 cm³/mol. The van der Waals surface area contributed by atoms with Gasteiger partial charge in [0.15, 0.2) is 5.82 Å². The number of benzene rings is 2. The van der Waals surface area contributed by atoms with E-state index in [1.54, 1.807) is 7.11 Å². The molecule has 2 heterocycles. The van der Waals surface area contributed by atoms with Crippen LogP contribution in [0.3, 0.4) is 0 Å². The van der Waals surface area contributed by atoms with E-state index >= 15 is 0 Å². The van der Waals surface area contributed by atoms with Gasteiger partial charge in [0.25, 0.3) is 5.91 Å². The minimum atomic E-state index is 0.106. The van der Waals surface area contributed by atoms with Crippen molar-refractivity contribution in [1.29, 1.82) is 0 Å². The third kappa shape index (κ3) is 5.64. The third-order valence-electron chi connectivity index (χ3n) is 7.21. The Morgan fingerprint density at radius 1 is 1.17 bits per heavy atom. The highest BCUT2D eigenvalue weighted by atomic mass is 16.5. The smallest absolute Gasteiger partial charge is 0.254 e. The van der Waals surface area contributed by atoms with E-state index in [9.17, 15) is 4.79 Å². The lowest BCUT2D eigenvalue weighted by atomic mass is 9.88. The number of hydrogen-bond acceptors (Lipinski definition) is 4. The van der Waals surface area contributed by atoms with Crippen molar-refractivity contribution in [2.75, 3.05) is 26.8 Å². The fraction of sp³-hybridized carbons (Fsp3) is 0.483. The summed E-state index contributed by atoms with van der Waals surface area (Å²) in [4.78, 5) is 20.3. The molecule has 0 atom stereocenters. The number of rotatable bonds is 8. The molecule has 1 aliphatic rings. The number of carbonyl (C=O) groups is 1. The van der Waals surface area contributed by atoms with E-state index < -0.39 is 0 Å². The molecular formula is C29H38N4O2. The number of ether oxygens (including phenoxy) is 1. The van der Waals surface area contributed by atoms with Crippen molar-refractivity contribution in [2.24, 2.45) is 0 Å². The molecule has 186 valence electrons. The zero-order valence-corrected chi connectivity index (χ0v) is 21.7. The van der Waals surface area contributed by atoms with Crippen molar-refractivity contribution in [3.8, 4) is 11.4 Å². The second-order valence-electron chi connectivity index (χ2n) is 9.92. The van der Waals surface area contributed by atoms with Crippen molar-refractivity contribution < 1.29 is 9.53 Å². The molecule has 6 nitrogen and oxygen atoms in total. The minimum Gasteiger partial charge on any atom is -0.384 e. The number of methoxy groups -OCH3 is 1. The van der Waals surface area contributed by atoms with Crippen molar-refractivity contribution in [3.05, 3.63) is 70.0 Å². The van der Waals surface area contributed by atoms with Crippen LogP contribution in [0.2, 0.25) is 0 Å². The molecule has 4 rings (SSSR count). The number of nitrogens with one attached hydrogen (secondary N) is 1. The first kappa shape index (κ1) is 25.1. The Bertz CT molecular complexity index is 1140. The van der Waals surface area contributed by atoms with Crippen molar-refractivity contribution in [2.45, 2.75) is 65.2 Å². The average molecular weight is 475 g/mol. The van der Waals surface area contributed by atoms with E-state index in [1.165, 1.54) is 11.1 Å². The summed E-state index contributed by atoms with van der Waals surface area (Å²) in [7, 11) is 1.68. The number of amides is 1. The lowest BCUT2D eigenvalue weighted by molar-refractivity contribution is 0.0712. The largest absolute Gasteiger partial charge is 0.384 e. The molecule has 0 unspecified atom stereocenters. The number of nitrogens with zero attached hydrogens (tertiary/aromatic N) is 3. The average Bonchev–Trinajstić information content (AvgIpc) is 3.36. The van der Waals surface area contributed by atoms with Crippen LogP contribution in [-0.4, -0.2) is 52.8 Å². The monoisotopic (exact) mass is 474 g/mol. The summed E-state index contributed by atoms with van der Waals surface area (Å²) >= 11 is 0. The molecule has 1 amide bonds. The first-order chi connectivity index (χ1) is 16.9. The van der Waals surface area contributed by atoms with Gasteiger partial charge in [-0.2, -0.15) is 5.10 Å². The molecule has 0 bridgehead atoms. The van der Waals surface area contributed by atoms with Crippen LogP contribution in [0.1, 0.15) is 83.9 Å². The highest BCUT2D eigenvalue weighted by Crippen LogP contribution is 2.33. The molecule has 0 spiro atoms. The Morgan fingerprint density at radius 3 is 2.51 bits per heavy atom. The maximum absolute atomic E-state index is 13.6. The Kier molecular flexibility index (Phi) is 8.01. The van der Waals surface area contributed by atoms with Crippen LogP contribution in [0.15, 0.2) is 36.4 Å². The highest BCUT2D eigenvalue weighted by molar-refractivity contribution is 5.97. The first-order valence-electron chi connectivity index (χ1n) is 12.8. The van der Waals surface area contributed by atoms with Crippen molar-refractivity contribution in [1.82, 2.24) is 20.1 Å². The van der Waals surface area contributed by atoms with E-state index in [4.69, 9.17) is 4.74 Å². The summed E-state index contributed by atoms with van der Waals surface area (Å²) in [5.74, 6) is 2.35. The number of aromatic amines is 1. The van der Waals surface area contributed by atoms with Gasteiger partial charge in [0.2, 0.25) is 0 Å². The number of hydrogen-bond donors (Lipinski definition) is 1. The number of aromatic nitrogens is 3. The van der Waals surface area contributed by atoms with Crippen LogP contribution in [0.4, 0.5) is 0 Å². The summed E-state index contributed by atoms with van der Waals surface area (Å²) in [6.07, 6.45) is 3.73. The topological polar surface area (TPSA) is 71.1 Å². The molecule has 1 aliphatic heterocycles. The number of carbonyl (C=O) groups excluding carboxylic acids is 1. The summed E-state index contributed by atoms with van der Waals surface area (Å²) in [6, 6.07) is 13.1. The third-order valence-corrected chi connectivity index (χ3v) is 7.21. The van der Waals surface area contributed by atoms with Gasteiger partial charge in [-0.15, -0.1) is 0 Å². The van der Waals surface area contributed by atoms with E-state index in [1.807, 2.05) is 17.9 Å². The molecule has 1 fully saturated rings. The molecular weight excluding hydrogens is 436 g/mol. The molecule has 2 aromatic carbocycles. The number of piperidine rings is 1. The highest BCUT2D eigenvalue weighted by Gasteiger charge is 2.27. The van der Waals surface area contributed by atoms with E-state index in [0.29, 0.717) is 30.7 Å². The second kappa shape index (κ2) is 11.2. The lowest BCUT2D eigenvalue weighted by Crippen LogP contribution is -2.38. The lowest BCUT2D eigenvalue weighted by Gasteiger charge is -2.33. The van der Waals surface area contributed by atoms with Gasteiger partial charge < -0.3 is 9.64 Å². The first-order valence-corrected chi connectivity index (χ1v) is 12.8. The SMILES string of the molecule is CCc1ccc(C2CCN(C(=O)c3cc(-c4n[nH]c(CCOC)n4)c(C(C)C)cc3C)CC2)cc1. The molecule has 6 heteroatoms. The van der Waals surface area contributed by atoms with E-state index in [-0.39, 0.29) is 5.91 Å². The summed E-state index contributed by atoms with van der Waals surface area (Å²) in [5, 5.41) is 7.49. The zero-order valence-electron chi connectivity index (χ0n) is 21.7. The molecule has 1 saturated heterocycles. The Labute approximate surface area is 209 Å². The molecule has 0 radical (unpaired) electrons. The standard InChI is InChI=1S/C29H38N4O2/c1-6-21-7-9-22(10-8-21)23-11-14-33(15-12-23)29(34)25-18-26(24(19(2)3)17-20(25)4)28-30-27(31-32-28)13-16-35-5/h7-10,17-19,23H,6,11-16H2,1-5H3,(H,30,31,32). The van der Waals surface area contributed by atoms with E-state index in [0.717, 1.165) is 60.4 Å². The molecule has 1 N–H and O–H groups in total. The van der Waals surface area contributed by atoms with Crippen LogP contribution in [0, 0.1) is 6.92 Å². The van der Waals surface area contributed by atoms with Crippen LogP contribution in [0.25, 0.3) is 11.4 Å². The Hall–Kier alpha value is -2.99. The molecule has 0 aliphatic carbocycles. The minimum absolute atomic E-state index is 0.106. The number of H-pyrrole nitrogens is 1. The van der Waals surface area contributed by atoms with Gasteiger partial charge in [-0.3, -0.25) is 9.89 Å². The van der Waals surface area contributed by atoms with Gasteiger partial charge in [-0.05, 0) is 66.3 Å². The van der Waals surface area contributed by atoms with Gasteiger partial charge in [0.05, 0.1) is 6.61 Å². The van der Waals surface area contributed by atoms with Crippen LogP contribution in [-0.2, 0) is 17.6 Å². The van der Waals surface area contributed by atoms with E-state index in [2.05, 4.69) is 66.3 Å². The van der Waals surface area contributed by atoms with Gasteiger partial charge in [-0.25, -0.2) is 4.98 Å².